The van der Waals surface area contributed by atoms with E-state index in [2.05, 4.69) is 5.32 Å². The van der Waals surface area contributed by atoms with Gasteiger partial charge in [0.05, 0.1) is 21.9 Å². The largest absolute Gasteiger partial charge is 0.481 e. The Kier molecular flexibility index (Phi) is 5.00. The first-order valence-electron chi connectivity index (χ1n) is 5.94. The molecule has 21 heavy (non-hydrogen) atoms. The monoisotopic (exact) mass is 335 g/mol. The maximum absolute atomic E-state index is 11.8. The standard InChI is InChI=1S/C12H17NO6S2/c1-8(6-12(14)15)13-10-5-4-9(20(2,16)17)7-11(10)21(3,18)19/h4-5,7-8,13H,6H2,1-3H3,(H,14,15). The van der Waals surface area contributed by atoms with Crippen molar-refractivity contribution in [2.75, 3.05) is 17.8 Å². The van der Waals surface area contributed by atoms with E-state index in [9.17, 15) is 21.6 Å². The Morgan fingerprint density at radius 2 is 1.76 bits per heavy atom. The minimum absolute atomic E-state index is 0.112. The summed E-state index contributed by atoms with van der Waals surface area (Å²) in [6.45, 7) is 1.59. The van der Waals surface area contributed by atoms with Gasteiger partial charge < -0.3 is 10.4 Å². The van der Waals surface area contributed by atoms with Crippen LogP contribution in [0.5, 0.6) is 0 Å². The summed E-state index contributed by atoms with van der Waals surface area (Å²) in [6, 6.07) is 3.16. The second-order valence-electron chi connectivity index (χ2n) is 4.85. The Morgan fingerprint density at radius 3 is 2.19 bits per heavy atom. The molecule has 0 aliphatic carbocycles. The molecule has 0 aliphatic rings. The van der Waals surface area contributed by atoms with E-state index in [4.69, 9.17) is 5.11 Å². The van der Waals surface area contributed by atoms with Crippen molar-refractivity contribution in [3.63, 3.8) is 0 Å². The lowest BCUT2D eigenvalue weighted by atomic mass is 10.2. The third-order valence-electron chi connectivity index (χ3n) is 2.66. The number of benzene rings is 1. The average molecular weight is 335 g/mol. The van der Waals surface area contributed by atoms with Gasteiger partial charge in [-0.25, -0.2) is 16.8 Å². The van der Waals surface area contributed by atoms with Gasteiger partial charge in [0.15, 0.2) is 19.7 Å². The zero-order valence-corrected chi connectivity index (χ0v) is 13.5. The number of anilines is 1. The zero-order valence-electron chi connectivity index (χ0n) is 11.8. The SMILES string of the molecule is CC(CC(=O)O)Nc1ccc(S(C)(=O)=O)cc1S(C)(=O)=O. The highest BCUT2D eigenvalue weighted by molar-refractivity contribution is 7.91. The van der Waals surface area contributed by atoms with Gasteiger partial charge in [0, 0.05) is 18.6 Å². The summed E-state index contributed by atoms with van der Waals surface area (Å²) >= 11 is 0. The number of carboxylic acid groups (broad SMARTS) is 1. The van der Waals surface area contributed by atoms with Gasteiger partial charge in [-0.3, -0.25) is 4.79 Å². The number of hydrogen-bond donors (Lipinski definition) is 2. The first-order valence-corrected chi connectivity index (χ1v) is 9.72. The van der Waals surface area contributed by atoms with Crippen LogP contribution in [0.15, 0.2) is 28.0 Å². The highest BCUT2D eigenvalue weighted by Gasteiger charge is 2.19. The van der Waals surface area contributed by atoms with Crippen LogP contribution in [0, 0.1) is 0 Å². The summed E-state index contributed by atoms with van der Waals surface area (Å²) in [5.74, 6) is -1.02. The Hall–Kier alpha value is -1.61. The molecule has 7 nitrogen and oxygen atoms in total. The lowest BCUT2D eigenvalue weighted by Gasteiger charge is -2.16. The van der Waals surface area contributed by atoms with Gasteiger partial charge in [0.1, 0.15) is 0 Å². The summed E-state index contributed by atoms with van der Waals surface area (Å²) in [7, 11) is -7.20. The molecule has 0 aliphatic heterocycles. The Bertz CT molecular complexity index is 752. The van der Waals surface area contributed by atoms with Crippen molar-refractivity contribution < 1.29 is 26.7 Å². The Morgan fingerprint density at radius 1 is 1.19 bits per heavy atom. The molecular weight excluding hydrogens is 318 g/mol. The molecule has 0 bridgehead atoms. The van der Waals surface area contributed by atoms with Crippen LogP contribution in [0.25, 0.3) is 0 Å². The first kappa shape index (κ1) is 17.4. The molecule has 0 radical (unpaired) electrons. The van der Waals surface area contributed by atoms with Crippen LogP contribution < -0.4 is 5.32 Å². The lowest BCUT2D eigenvalue weighted by molar-refractivity contribution is -0.137. The molecule has 1 unspecified atom stereocenters. The predicted octanol–water partition coefficient (Wildman–Crippen LogP) is 0.769. The number of sulfone groups is 2. The van der Waals surface area contributed by atoms with E-state index < -0.39 is 31.7 Å². The molecule has 0 fully saturated rings. The normalized spacial score (nSPS) is 13.7. The van der Waals surface area contributed by atoms with Crippen molar-refractivity contribution in [1.29, 1.82) is 0 Å². The number of nitrogens with one attached hydrogen (secondary N) is 1. The fraction of sp³-hybridized carbons (Fsp3) is 0.417. The first-order chi connectivity index (χ1) is 9.41. The van der Waals surface area contributed by atoms with E-state index in [-0.39, 0.29) is 21.9 Å². The van der Waals surface area contributed by atoms with Crippen molar-refractivity contribution in [1.82, 2.24) is 0 Å². The van der Waals surface area contributed by atoms with Gasteiger partial charge in [0.2, 0.25) is 0 Å². The molecule has 2 N–H and O–H groups in total. The molecule has 1 aromatic carbocycles. The third-order valence-corrected chi connectivity index (χ3v) is 4.91. The molecule has 0 heterocycles. The van der Waals surface area contributed by atoms with Crippen molar-refractivity contribution >= 4 is 31.3 Å². The molecule has 1 rings (SSSR count). The molecule has 9 heteroatoms. The number of carboxylic acids is 1. The molecule has 0 saturated heterocycles. The highest BCUT2D eigenvalue weighted by atomic mass is 32.2. The van der Waals surface area contributed by atoms with Crippen LogP contribution in [0.4, 0.5) is 5.69 Å². The van der Waals surface area contributed by atoms with Crippen LogP contribution in [0.1, 0.15) is 13.3 Å². The molecular formula is C12H17NO6S2. The predicted molar refractivity (Wildman–Crippen MR) is 78.0 cm³/mol. The van der Waals surface area contributed by atoms with Gasteiger partial charge in [-0.2, -0.15) is 0 Å². The number of rotatable bonds is 6. The van der Waals surface area contributed by atoms with E-state index in [1.54, 1.807) is 6.92 Å². The number of aliphatic carboxylic acids is 1. The minimum Gasteiger partial charge on any atom is -0.481 e. The van der Waals surface area contributed by atoms with Crippen LogP contribution in [0.2, 0.25) is 0 Å². The molecule has 1 atom stereocenters. The van der Waals surface area contributed by atoms with Crippen LogP contribution in [-0.4, -0.2) is 46.5 Å². The maximum Gasteiger partial charge on any atom is 0.305 e. The number of hydrogen-bond acceptors (Lipinski definition) is 6. The van der Waals surface area contributed by atoms with E-state index in [0.29, 0.717) is 0 Å². The zero-order chi connectivity index (χ0) is 16.4. The fourth-order valence-electron chi connectivity index (χ4n) is 1.74. The van der Waals surface area contributed by atoms with Gasteiger partial charge >= 0.3 is 5.97 Å². The summed E-state index contributed by atoms with van der Waals surface area (Å²) in [6.07, 6.45) is 1.74. The quantitative estimate of drug-likeness (QED) is 0.788. The topological polar surface area (TPSA) is 118 Å². The van der Waals surface area contributed by atoms with E-state index in [0.717, 1.165) is 18.6 Å². The molecule has 0 spiro atoms. The smallest absolute Gasteiger partial charge is 0.305 e. The Balaban J connectivity index is 3.31. The van der Waals surface area contributed by atoms with Gasteiger partial charge in [0.25, 0.3) is 0 Å². The molecule has 118 valence electrons. The van der Waals surface area contributed by atoms with Gasteiger partial charge in [-0.1, -0.05) is 0 Å². The number of carbonyl (C=O) groups is 1. The second-order valence-corrected chi connectivity index (χ2v) is 8.85. The second kappa shape index (κ2) is 6.02. The minimum atomic E-state index is -3.66. The van der Waals surface area contributed by atoms with E-state index in [1.165, 1.54) is 12.1 Å². The molecule has 0 aromatic heterocycles. The maximum atomic E-state index is 11.8. The van der Waals surface area contributed by atoms with E-state index >= 15 is 0 Å². The third kappa shape index (κ3) is 5.01. The van der Waals surface area contributed by atoms with Crippen LogP contribution in [-0.2, 0) is 24.5 Å². The summed E-state index contributed by atoms with van der Waals surface area (Å²) < 4.78 is 46.6. The fourth-order valence-corrected chi connectivity index (χ4v) is 3.33. The molecule has 0 amide bonds. The van der Waals surface area contributed by atoms with Crippen molar-refractivity contribution in [2.24, 2.45) is 0 Å². The highest BCUT2D eigenvalue weighted by Crippen LogP contribution is 2.26. The van der Waals surface area contributed by atoms with Gasteiger partial charge in [-0.15, -0.1) is 0 Å². The van der Waals surface area contributed by atoms with Crippen molar-refractivity contribution in [3.8, 4) is 0 Å². The van der Waals surface area contributed by atoms with Crippen molar-refractivity contribution in [2.45, 2.75) is 29.2 Å². The summed E-state index contributed by atoms with van der Waals surface area (Å²) in [4.78, 5) is 10.3. The van der Waals surface area contributed by atoms with Crippen LogP contribution in [0.3, 0.4) is 0 Å². The summed E-state index contributed by atoms with van der Waals surface area (Å²) in [5, 5.41) is 11.5. The van der Waals surface area contributed by atoms with Crippen molar-refractivity contribution in [3.05, 3.63) is 18.2 Å². The van der Waals surface area contributed by atoms with E-state index in [1.807, 2.05) is 0 Å². The Labute approximate surface area is 123 Å². The van der Waals surface area contributed by atoms with Crippen LogP contribution >= 0.6 is 0 Å². The summed E-state index contributed by atoms with van der Waals surface area (Å²) in [5.41, 5.74) is 0.179. The lowest BCUT2D eigenvalue weighted by Crippen LogP contribution is -2.20. The molecule has 0 saturated carbocycles. The average Bonchev–Trinajstić information content (AvgIpc) is 2.24. The molecule has 1 aromatic rings. The van der Waals surface area contributed by atoms with Gasteiger partial charge in [-0.05, 0) is 25.1 Å².